The molecule has 2 aromatic rings. The number of unbranched alkanes of at least 4 members (excludes halogenated alkanes) is 5. The lowest BCUT2D eigenvalue weighted by Gasteiger charge is -2.27. The molecule has 0 saturated heterocycles. The van der Waals surface area contributed by atoms with Gasteiger partial charge in [-0.2, -0.15) is 0 Å². The number of para-hydroxylation sites is 1. The summed E-state index contributed by atoms with van der Waals surface area (Å²) in [5.41, 5.74) is 1.45. The highest BCUT2D eigenvalue weighted by Crippen LogP contribution is 2.39. The summed E-state index contributed by atoms with van der Waals surface area (Å²) in [6.45, 7) is 7.02. The average molecular weight is 318 g/mol. The fraction of sp³-hybridized carbons (Fsp3) is 0.650. The maximum Gasteiger partial charge on any atom is 0.0997 e. The molecule has 0 bridgehead atoms. The summed E-state index contributed by atoms with van der Waals surface area (Å²) in [7, 11) is 0. The molecule has 2 rings (SSSR count). The first-order valence-electron chi connectivity index (χ1n) is 9.05. The van der Waals surface area contributed by atoms with Crippen molar-refractivity contribution in [3.63, 3.8) is 0 Å². The Balaban J connectivity index is 2.09. The fourth-order valence-corrected chi connectivity index (χ4v) is 4.32. The summed E-state index contributed by atoms with van der Waals surface area (Å²) in [6, 6.07) is 8.58. The average Bonchev–Trinajstić information content (AvgIpc) is 2.97. The maximum atomic E-state index is 4.97. The van der Waals surface area contributed by atoms with Crippen molar-refractivity contribution < 1.29 is 0 Å². The van der Waals surface area contributed by atoms with Crippen molar-refractivity contribution in [1.82, 2.24) is 4.98 Å². The molecular weight excluding hydrogens is 286 g/mol. The minimum absolute atomic E-state index is 0.270. The summed E-state index contributed by atoms with van der Waals surface area (Å²) in [4.78, 5) is 4.97. The second-order valence-electron chi connectivity index (χ2n) is 6.82. The van der Waals surface area contributed by atoms with E-state index in [0.29, 0.717) is 0 Å². The van der Waals surface area contributed by atoms with Gasteiger partial charge >= 0.3 is 0 Å². The van der Waals surface area contributed by atoms with Gasteiger partial charge in [0.15, 0.2) is 0 Å². The zero-order chi connectivity index (χ0) is 15.8. The van der Waals surface area contributed by atoms with Gasteiger partial charge in [0.25, 0.3) is 0 Å². The highest BCUT2D eigenvalue weighted by Gasteiger charge is 2.29. The molecule has 1 atom stereocenters. The smallest absolute Gasteiger partial charge is 0.0997 e. The van der Waals surface area contributed by atoms with Crippen LogP contribution in [0.4, 0.5) is 0 Å². The van der Waals surface area contributed by atoms with E-state index in [0.717, 1.165) is 0 Å². The van der Waals surface area contributed by atoms with E-state index in [4.69, 9.17) is 4.98 Å². The van der Waals surface area contributed by atoms with Crippen LogP contribution >= 0.6 is 11.3 Å². The van der Waals surface area contributed by atoms with E-state index >= 15 is 0 Å². The van der Waals surface area contributed by atoms with Crippen molar-refractivity contribution >= 4 is 21.6 Å². The van der Waals surface area contributed by atoms with Gasteiger partial charge in [-0.25, -0.2) is 4.98 Å². The molecule has 2 heteroatoms. The molecule has 122 valence electrons. The number of fused-ring (bicyclic) bond motifs is 1. The molecule has 0 N–H and O–H groups in total. The Bertz CT molecular complexity index is 527. The molecule has 0 aliphatic rings. The van der Waals surface area contributed by atoms with Crippen LogP contribution in [0.5, 0.6) is 0 Å². The van der Waals surface area contributed by atoms with Crippen LogP contribution in [-0.2, 0) is 5.41 Å². The number of benzene rings is 1. The minimum Gasteiger partial charge on any atom is -0.241 e. The lowest BCUT2D eigenvalue weighted by Crippen LogP contribution is -2.21. The Hall–Kier alpha value is -0.890. The van der Waals surface area contributed by atoms with Crippen LogP contribution < -0.4 is 0 Å². The standard InChI is InChI=1S/C20H31NS/c1-4-6-8-9-12-16-20(3,15-7-5-2)19-21-17-13-10-11-14-18(17)22-19/h10-11,13-14H,4-9,12,15-16H2,1-3H3. The number of thiazole rings is 1. The van der Waals surface area contributed by atoms with Crippen LogP contribution in [0.1, 0.15) is 83.6 Å². The Morgan fingerprint density at radius 1 is 0.909 bits per heavy atom. The third-order valence-corrected chi connectivity index (χ3v) is 6.07. The molecule has 1 aromatic carbocycles. The SMILES string of the molecule is CCCCCCCC(C)(CCCC)c1nc2ccccc2s1. The zero-order valence-corrected chi connectivity index (χ0v) is 15.3. The quantitative estimate of drug-likeness (QED) is 0.426. The van der Waals surface area contributed by atoms with Gasteiger partial charge in [0.1, 0.15) is 0 Å². The second-order valence-corrected chi connectivity index (χ2v) is 7.85. The summed E-state index contributed by atoms with van der Waals surface area (Å²) < 4.78 is 1.34. The van der Waals surface area contributed by atoms with E-state index in [1.165, 1.54) is 73.0 Å². The number of aromatic nitrogens is 1. The molecule has 0 aliphatic carbocycles. The van der Waals surface area contributed by atoms with Gasteiger partial charge in [-0.3, -0.25) is 0 Å². The zero-order valence-electron chi connectivity index (χ0n) is 14.5. The van der Waals surface area contributed by atoms with Gasteiger partial charge in [-0.15, -0.1) is 11.3 Å². The lowest BCUT2D eigenvalue weighted by molar-refractivity contribution is 0.367. The van der Waals surface area contributed by atoms with E-state index in [1.54, 1.807) is 0 Å². The normalized spacial score (nSPS) is 14.3. The molecule has 0 radical (unpaired) electrons. The number of nitrogens with zero attached hydrogens (tertiary/aromatic N) is 1. The molecule has 0 saturated carbocycles. The van der Waals surface area contributed by atoms with Crippen molar-refractivity contribution in [2.24, 2.45) is 0 Å². The summed E-state index contributed by atoms with van der Waals surface area (Å²) in [5.74, 6) is 0. The summed E-state index contributed by atoms with van der Waals surface area (Å²) in [6.07, 6.45) is 12.0. The second kappa shape index (κ2) is 8.67. The van der Waals surface area contributed by atoms with E-state index in [-0.39, 0.29) is 5.41 Å². The maximum absolute atomic E-state index is 4.97. The molecule has 0 amide bonds. The molecule has 0 aliphatic heterocycles. The number of hydrogen-bond donors (Lipinski definition) is 0. The van der Waals surface area contributed by atoms with E-state index in [9.17, 15) is 0 Å². The monoisotopic (exact) mass is 317 g/mol. The third kappa shape index (κ3) is 4.55. The van der Waals surface area contributed by atoms with Gasteiger partial charge in [0, 0.05) is 5.41 Å². The molecule has 22 heavy (non-hydrogen) atoms. The molecule has 0 fully saturated rings. The Morgan fingerprint density at radius 2 is 1.59 bits per heavy atom. The van der Waals surface area contributed by atoms with Crippen LogP contribution in [0, 0.1) is 0 Å². The highest BCUT2D eigenvalue weighted by atomic mass is 32.1. The van der Waals surface area contributed by atoms with E-state index in [1.807, 2.05) is 11.3 Å². The molecule has 1 unspecified atom stereocenters. The van der Waals surface area contributed by atoms with Crippen molar-refractivity contribution in [3.8, 4) is 0 Å². The Kier molecular flexibility index (Phi) is 6.88. The topological polar surface area (TPSA) is 12.9 Å². The summed E-state index contributed by atoms with van der Waals surface area (Å²) in [5, 5.41) is 1.36. The van der Waals surface area contributed by atoms with Gasteiger partial charge in [-0.1, -0.05) is 77.8 Å². The first kappa shape index (κ1) is 17.5. The van der Waals surface area contributed by atoms with Crippen LogP contribution in [-0.4, -0.2) is 4.98 Å². The Morgan fingerprint density at radius 3 is 2.32 bits per heavy atom. The molecule has 1 heterocycles. The van der Waals surface area contributed by atoms with E-state index in [2.05, 4.69) is 45.0 Å². The molecule has 1 nitrogen and oxygen atoms in total. The van der Waals surface area contributed by atoms with Crippen LogP contribution in [0.2, 0.25) is 0 Å². The first-order valence-corrected chi connectivity index (χ1v) is 9.87. The van der Waals surface area contributed by atoms with Gasteiger partial charge < -0.3 is 0 Å². The van der Waals surface area contributed by atoms with Crippen LogP contribution in [0.15, 0.2) is 24.3 Å². The minimum atomic E-state index is 0.270. The Labute approximate surface area is 140 Å². The van der Waals surface area contributed by atoms with Crippen molar-refractivity contribution in [2.75, 3.05) is 0 Å². The van der Waals surface area contributed by atoms with Gasteiger partial charge in [-0.05, 0) is 25.0 Å². The van der Waals surface area contributed by atoms with Crippen LogP contribution in [0.25, 0.3) is 10.2 Å². The number of rotatable bonds is 10. The fourth-order valence-electron chi connectivity index (χ4n) is 3.15. The van der Waals surface area contributed by atoms with Gasteiger partial charge in [0.05, 0.1) is 15.2 Å². The predicted octanol–water partition coefficient (Wildman–Crippen LogP) is 7.10. The largest absolute Gasteiger partial charge is 0.241 e. The first-order chi connectivity index (χ1) is 10.7. The van der Waals surface area contributed by atoms with Gasteiger partial charge in [0.2, 0.25) is 0 Å². The number of hydrogen-bond acceptors (Lipinski definition) is 2. The molecular formula is C20H31NS. The highest BCUT2D eigenvalue weighted by molar-refractivity contribution is 7.18. The van der Waals surface area contributed by atoms with E-state index < -0.39 is 0 Å². The third-order valence-electron chi connectivity index (χ3n) is 4.72. The molecule has 0 spiro atoms. The van der Waals surface area contributed by atoms with Crippen LogP contribution in [0.3, 0.4) is 0 Å². The lowest BCUT2D eigenvalue weighted by atomic mass is 9.80. The van der Waals surface area contributed by atoms with Crippen molar-refractivity contribution in [1.29, 1.82) is 0 Å². The van der Waals surface area contributed by atoms with Crippen molar-refractivity contribution in [2.45, 2.75) is 84.0 Å². The summed E-state index contributed by atoms with van der Waals surface area (Å²) >= 11 is 1.91. The predicted molar refractivity (Wildman–Crippen MR) is 99.9 cm³/mol. The molecule has 1 aromatic heterocycles. The van der Waals surface area contributed by atoms with Crippen molar-refractivity contribution in [3.05, 3.63) is 29.3 Å².